The number of halogens is 1. The smallest absolute Gasteiger partial charge is 0.264 e. The van der Waals surface area contributed by atoms with Gasteiger partial charge in [0.05, 0.1) is 12.4 Å². The summed E-state index contributed by atoms with van der Waals surface area (Å²) in [6.07, 6.45) is 0.917. The Balaban J connectivity index is 1.55. The molecule has 0 bridgehead atoms. The molecular formula is C28H24FN3O3S. The van der Waals surface area contributed by atoms with Crippen molar-refractivity contribution in [1.82, 2.24) is 5.32 Å². The molecule has 1 aliphatic rings. The number of hydrogen-bond acceptors (Lipinski definition) is 5. The molecule has 0 aromatic heterocycles. The third kappa shape index (κ3) is 5.75. The number of amides is 2. The topological polar surface area (TPSA) is 82.4 Å². The number of thioether (sulfide) groups is 1. The highest BCUT2D eigenvalue weighted by atomic mass is 32.2. The van der Waals surface area contributed by atoms with E-state index in [1.54, 1.807) is 43.5 Å². The van der Waals surface area contributed by atoms with Gasteiger partial charge in [-0.05, 0) is 60.4 Å². The van der Waals surface area contributed by atoms with Gasteiger partial charge in [0.2, 0.25) is 5.91 Å². The van der Waals surface area contributed by atoms with E-state index in [-0.39, 0.29) is 17.3 Å². The summed E-state index contributed by atoms with van der Waals surface area (Å²) in [5.41, 5.74) is 2.26. The van der Waals surface area contributed by atoms with Crippen molar-refractivity contribution >= 4 is 29.3 Å². The Morgan fingerprint density at radius 3 is 2.36 bits per heavy atom. The van der Waals surface area contributed by atoms with Crippen LogP contribution in [0.25, 0.3) is 0 Å². The summed E-state index contributed by atoms with van der Waals surface area (Å²) in [7, 11) is 1.60. The number of nitrogens with one attached hydrogen (secondary N) is 1. The van der Waals surface area contributed by atoms with Crippen molar-refractivity contribution in [3.05, 3.63) is 106 Å². The second kappa shape index (κ2) is 11.6. The fourth-order valence-electron chi connectivity index (χ4n) is 3.83. The minimum atomic E-state index is -0.555. The molecule has 0 saturated carbocycles. The summed E-state index contributed by atoms with van der Waals surface area (Å²) < 4.78 is 18.5. The minimum Gasteiger partial charge on any atom is -0.497 e. The molecule has 0 spiro atoms. The molecule has 2 amide bonds. The van der Waals surface area contributed by atoms with E-state index >= 15 is 0 Å². The number of ether oxygens (including phenoxy) is 1. The number of nitrogens with zero attached hydrogens (tertiary/aromatic N) is 2. The highest BCUT2D eigenvalue weighted by Gasteiger charge is 2.40. The average Bonchev–Trinajstić information content (AvgIpc) is 3.22. The minimum absolute atomic E-state index is 0.117. The molecular weight excluding hydrogens is 477 g/mol. The fourth-order valence-corrected chi connectivity index (χ4v) is 5.14. The molecule has 6 nitrogen and oxygen atoms in total. The number of methoxy groups -OCH3 is 1. The lowest BCUT2D eigenvalue weighted by Gasteiger charge is -2.18. The number of hydrogen-bond donors (Lipinski definition) is 1. The van der Waals surface area contributed by atoms with Gasteiger partial charge < -0.3 is 10.1 Å². The maximum Gasteiger partial charge on any atom is 0.264 e. The maximum absolute atomic E-state index is 13.4. The lowest BCUT2D eigenvalue weighted by Crippen LogP contribution is -2.32. The first-order chi connectivity index (χ1) is 17.5. The van der Waals surface area contributed by atoms with Gasteiger partial charge >= 0.3 is 0 Å². The van der Waals surface area contributed by atoms with Crippen molar-refractivity contribution in [2.75, 3.05) is 18.6 Å². The van der Waals surface area contributed by atoms with Crippen molar-refractivity contribution < 1.29 is 18.7 Å². The van der Waals surface area contributed by atoms with E-state index in [4.69, 9.17) is 4.74 Å². The number of nitriles is 1. The van der Waals surface area contributed by atoms with Crippen molar-refractivity contribution in [3.63, 3.8) is 0 Å². The summed E-state index contributed by atoms with van der Waals surface area (Å²) in [5, 5.41) is 12.5. The zero-order valence-corrected chi connectivity index (χ0v) is 20.4. The summed E-state index contributed by atoms with van der Waals surface area (Å²) in [6, 6.07) is 24.4. The van der Waals surface area contributed by atoms with Gasteiger partial charge in [-0.15, -0.1) is 0 Å². The first-order valence-corrected chi connectivity index (χ1v) is 12.2. The first kappa shape index (κ1) is 25.0. The van der Waals surface area contributed by atoms with Gasteiger partial charge in [-0.1, -0.05) is 54.2 Å². The van der Waals surface area contributed by atoms with Crippen molar-refractivity contribution in [3.8, 4) is 11.8 Å². The van der Waals surface area contributed by atoms with E-state index in [2.05, 4.69) is 5.32 Å². The molecule has 182 valence electrons. The highest BCUT2D eigenvalue weighted by Crippen LogP contribution is 2.41. The zero-order chi connectivity index (χ0) is 25.5. The van der Waals surface area contributed by atoms with Crippen LogP contribution < -0.4 is 15.0 Å². The van der Waals surface area contributed by atoms with Crippen LogP contribution in [0.15, 0.2) is 89.5 Å². The van der Waals surface area contributed by atoms with Crippen LogP contribution in [0.5, 0.6) is 5.75 Å². The summed E-state index contributed by atoms with van der Waals surface area (Å²) in [4.78, 5) is 27.9. The molecule has 36 heavy (non-hydrogen) atoms. The van der Waals surface area contributed by atoms with Crippen LogP contribution in [-0.4, -0.2) is 30.7 Å². The molecule has 1 N–H and O–H groups in total. The van der Waals surface area contributed by atoms with E-state index in [0.29, 0.717) is 30.1 Å². The summed E-state index contributed by atoms with van der Waals surface area (Å²) in [6.45, 7) is 0.326. The lowest BCUT2D eigenvalue weighted by atomic mass is 10.1. The Morgan fingerprint density at radius 2 is 1.72 bits per heavy atom. The SMILES string of the molecule is COc1ccc(CCNC(=O)/C(C#N)=C2\S[C@H](Cc3ccc(F)cc3)C(=O)N2c2ccccc2)cc1. The van der Waals surface area contributed by atoms with Gasteiger partial charge in [0.25, 0.3) is 5.91 Å². The second-order valence-electron chi connectivity index (χ2n) is 8.09. The van der Waals surface area contributed by atoms with Gasteiger partial charge in [0.15, 0.2) is 0 Å². The van der Waals surface area contributed by atoms with Crippen molar-refractivity contribution in [1.29, 1.82) is 5.26 Å². The van der Waals surface area contributed by atoms with E-state index < -0.39 is 11.2 Å². The summed E-state index contributed by atoms with van der Waals surface area (Å²) in [5.74, 6) is -0.374. The van der Waals surface area contributed by atoms with Crippen LogP contribution >= 0.6 is 11.8 Å². The molecule has 1 aliphatic heterocycles. The largest absolute Gasteiger partial charge is 0.497 e. The van der Waals surface area contributed by atoms with Crippen LogP contribution in [0.1, 0.15) is 11.1 Å². The second-order valence-corrected chi connectivity index (χ2v) is 9.28. The van der Waals surface area contributed by atoms with Gasteiger partial charge in [0, 0.05) is 12.2 Å². The number of rotatable bonds is 8. The number of anilines is 1. The molecule has 8 heteroatoms. The van der Waals surface area contributed by atoms with Crippen molar-refractivity contribution in [2.24, 2.45) is 0 Å². The monoisotopic (exact) mass is 501 g/mol. The van der Waals surface area contributed by atoms with Crippen LogP contribution in [0, 0.1) is 17.1 Å². The van der Waals surface area contributed by atoms with Gasteiger partial charge in [-0.25, -0.2) is 4.39 Å². The fraction of sp³-hybridized carbons (Fsp3) is 0.179. The molecule has 1 fully saturated rings. The van der Waals surface area contributed by atoms with Gasteiger partial charge in [-0.2, -0.15) is 5.26 Å². The van der Waals surface area contributed by atoms with Gasteiger partial charge in [-0.3, -0.25) is 14.5 Å². The maximum atomic E-state index is 13.4. The Bertz CT molecular complexity index is 1300. The normalized spacial score (nSPS) is 16.4. The predicted molar refractivity (Wildman–Crippen MR) is 138 cm³/mol. The van der Waals surface area contributed by atoms with Gasteiger partial charge in [0.1, 0.15) is 28.2 Å². The number of benzene rings is 3. The molecule has 0 radical (unpaired) electrons. The Hall–Kier alpha value is -4.09. The van der Waals surface area contributed by atoms with E-state index in [0.717, 1.165) is 16.9 Å². The predicted octanol–water partition coefficient (Wildman–Crippen LogP) is 4.62. The number of para-hydroxylation sites is 1. The molecule has 3 aromatic rings. The Labute approximate surface area is 213 Å². The Morgan fingerprint density at radius 1 is 1.06 bits per heavy atom. The molecule has 1 heterocycles. The molecule has 1 atom stereocenters. The third-order valence-corrected chi connectivity index (χ3v) is 6.98. The summed E-state index contributed by atoms with van der Waals surface area (Å²) >= 11 is 1.18. The molecule has 1 saturated heterocycles. The standard InChI is InChI=1S/C28H24FN3O3S/c1-35-23-13-9-19(10-14-23)15-16-31-26(33)24(18-30)28-32(22-5-3-2-4-6-22)27(34)25(36-28)17-20-7-11-21(29)12-8-20/h2-14,25H,15-17H2,1H3,(H,31,33)/b28-24-/t25-/m1/s1. The lowest BCUT2D eigenvalue weighted by molar-refractivity contribution is -0.117. The first-order valence-electron chi connectivity index (χ1n) is 11.4. The quantitative estimate of drug-likeness (QED) is 0.360. The third-order valence-electron chi connectivity index (χ3n) is 5.71. The zero-order valence-electron chi connectivity index (χ0n) is 19.6. The molecule has 0 unspecified atom stereocenters. The van der Waals surface area contributed by atoms with E-state index in [9.17, 15) is 19.2 Å². The highest BCUT2D eigenvalue weighted by molar-refractivity contribution is 8.05. The number of carbonyl (C=O) groups excluding carboxylic acids is 2. The average molecular weight is 502 g/mol. The molecule has 3 aromatic carbocycles. The van der Waals surface area contributed by atoms with Crippen LogP contribution in [0.3, 0.4) is 0 Å². The van der Waals surface area contributed by atoms with Crippen LogP contribution in [0.4, 0.5) is 10.1 Å². The van der Waals surface area contributed by atoms with E-state index in [1.165, 1.54) is 28.8 Å². The number of carbonyl (C=O) groups is 2. The molecule has 4 rings (SSSR count). The van der Waals surface area contributed by atoms with Crippen LogP contribution in [-0.2, 0) is 22.4 Å². The van der Waals surface area contributed by atoms with Crippen molar-refractivity contribution in [2.45, 2.75) is 18.1 Å². The van der Waals surface area contributed by atoms with E-state index in [1.807, 2.05) is 36.4 Å². The van der Waals surface area contributed by atoms with Crippen LogP contribution in [0.2, 0.25) is 0 Å². The molecule has 0 aliphatic carbocycles. The Kier molecular flexibility index (Phi) is 8.03.